The summed E-state index contributed by atoms with van der Waals surface area (Å²) in [5.41, 5.74) is -6.65. The molecule has 42 heavy (non-hydrogen) atoms. The second-order valence-corrected chi connectivity index (χ2v) is 10.2. The van der Waals surface area contributed by atoms with Gasteiger partial charge in [-0.3, -0.25) is 9.69 Å². The predicted molar refractivity (Wildman–Crippen MR) is 134 cm³/mol. The fraction of sp³-hybridized carbons (Fsp3) is 0.500. The van der Waals surface area contributed by atoms with Gasteiger partial charge in [0.1, 0.15) is 11.3 Å². The summed E-state index contributed by atoms with van der Waals surface area (Å²) in [7, 11) is 1.29. The Morgan fingerprint density at radius 1 is 1.02 bits per heavy atom. The lowest BCUT2D eigenvalue weighted by molar-refractivity contribution is -0.385. The number of rotatable bonds is 10. The van der Waals surface area contributed by atoms with E-state index in [9.17, 15) is 40.3 Å². The summed E-state index contributed by atoms with van der Waals surface area (Å²) in [5.74, 6) is -1.16. The number of imide groups is 1. The molecule has 14 heteroatoms. The topological polar surface area (TPSA) is 77.1 Å². The van der Waals surface area contributed by atoms with Crippen molar-refractivity contribution in [1.82, 2.24) is 10.2 Å². The van der Waals surface area contributed by atoms with Crippen LogP contribution in [0.25, 0.3) is 0 Å². The van der Waals surface area contributed by atoms with Crippen LogP contribution >= 0.6 is 0 Å². The fourth-order valence-corrected chi connectivity index (χ4v) is 5.34. The molecule has 0 aromatic heterocycles. The zero-order valence-electron chi connectivity index (χ0n) is 23.0. The molecule has 0 bridgehead atoms. The van der Waals surface area contributed by atoms with Gasteiger partial charge in [0.25, 0.3) is 11.5 Å². The van der Waals surface area contributed by atoms with Crippen LogP contribution in [-0.2, 0) is 33.7 Å². The van der Waals surface area contributed by atoms with Gasteiger partial charge < -0.3 is 19.5 Å². The molecule has 0 saturated carbocycles. The Morgan fingerprint density at radius 2 is 1.69 bits per heavy atom. The third-order valence-corrected chi connectivity index (χ3v) is 7.54. The first-order chi connectivity index (χ1) is 19.6. The lowest BCUT2D eigenvalue weighted by atomic mass is 9.87. The molecule has 1 unspecified atom stereocenters. The van der Waals surface area contributed by atoms with Crippen LogP contribution in [0, 0.1) is 5.82 Å². The highest BCUT2D eigenvalue weighted by molar-refractivity contribution is 6.07. The average Bonchev–Trinajstić information content (AvgIpc) is 3.42. The summed E-state index contributed by atoms with van der Waals surface area (Å²) >= 11 is 0. The van der Waals surface area contributed by atoms with Gasteiger partial charge in [-0.1, -0.05) is 25.5 Å². The van der Waals surface area contributed by atoms with E-state index in [4.69, 9.17) is 9.47 Å². The number of unbranched alkanes of at least 4 members (excludes halogenated alkanes) is 1. The molecule has 0 radical (unpaired) electrons. The van der Waals surface area contributed by atoms with Crippen LogP contribution in [0.3, 0.4) is 0 Å². The minimum absolute atomic E-state index is 0.00177. The first kappa shape index (κ1) is 31.4. The molecule has 2 aliphatic rings. The molecule has 1 N–H and O–H groups in total. The largest absolute Gasteiger partial charge is 0.494 e. The molecule has 1 saturated heterocycles. The van der Waals surface area contributed by atoms with E-state index in [2.05, 4.69) is 10.1 Å². The van der Waals surface area contributed by atoms with Gasteiger partial charge in [-0.05, 0) is 55.5 Å². The summed E-state index contributed by atoms with van der Waals surface area (Å²) < 4.78 is 112. The van der Waals surface area contributed by atoms with Gasteiger partial charge in [0.15, 0.2) is 11.6 Å². The molecule has 1 fully saturated rings. The van der Waals surface area contributed by atoms with E-state index in [1.54, 1.807) is 6.92 Å². The van der Waals surface area contributed by atoms with Crippen molar-refractivity contribution in [2.75, 3.05) is 20.3 Å². The molecule has 7 nitrogen and oxygen atoms in total. The molecule has 1 atom stereocenters. The number of methoxy groups -OCH3 is 1. The summed E-state index contributed by atoms with van der Waals surface area (Å²) in [5, 5.41) is 2.58. The molecule has 2 heterocycles. The third kappa shape index (κ3) is 5.13. The number of halogens is 7. The van der Waals surface area contributed by atoms with Gasteiger partial charge in [0, 0.05) is 17.7 Å². The number of amides is 3. The summed E-state index contributed by atoms with van der Waals surface area (Å²) in [6.07, 6.45) is -10.3. The number of carbonyl (C=O) groups excluding carboxylic acids is 2. The number of alkyl halides is 6. The number of hydrogen-bond donors (Lipinski definition) is 1. The number of fused-ring (bicyclic) bond motifs is 1. The Balaban J connectivity index is 1.42. The van der Waals surface area contributed by atoms with Crippen molar-refractivity contribution in [1.29, 1.82) is 0 Å². The Labute approximate surface area is 236 Å². The maximum Gasteiger partial charge on any atom is 0.430 e. The van der Waals surface area contributed by atoms with E-state index in [1.807, 2.05) is 0 Å². The SMILES string of the molecule is CCCc1c(OCCCCN2C(=O)NC(C)(c3ccc(OC)c(F)c3)C2=O)ccc2c1COC2(C(F)(F)F)C(F)(F)F. The molecular formula is C28H29F7N2O5. The standard InChI is InChI=1S/C28H29F7N2O5/c1-4-7-17-18-15-42-26(27(30,31)32,28(33,34)35)19(18)9-11-21(17)41-13-6-5-12-37-23(38)25(2,36-24(37)39)16-8-10-22(40-3)20(29)14-16/h8-11,14H,4-7,12-13,15H2,1-3H3,(H,36,39). The lowest BCUT2D eigenvalue weighted by Gasteiger charge is -2.33. The Bertz CT molecular complexity index is 1350. The van der Waals surface area contributed by atoms with Crippen LogP contribution in [0.15, 0.2) is 30.3 Å². The normalized spacial score (nSPS) is 20.1. The molecule has 2 aromatic rings. The average molecular weight is 607 g/mol. The van der Waals surface area contributed by atoms with E-state index >= 15 is 0 Å². The molecule has 230 valence electrons. The third-order valence-electron chi connectivity index (χ3n) is 7.54. The van der Waals surface area contributed by atoms with Crippen LogP contribution in [0.5, 0.6) is 11.5 Å². The van der Waals surface area contributed by atoms with Crippen LogP contribution in [0.4, 0.5) is 35.5 Å². The van der Waals surface area contributed by atoms with Crippen molar-refractivity contribution < 1.29 is 54.5 Å². The zero-order chi connectivity index (χ0) is 31.1. The number of nitrogens with one attached hydrogen (secondary N) is 1. The Kier molecular flexibility index (Phi) is 8.42. The van der Waals surface area contributed by atoms with Crippen LogP contribution in [0.1, 0.15) is 55.4 Å². The van der Waals surface area contributed by atoms with Gasteiger partial charge in [-0.15, -0.1) is 0 Å². The second kappa shape index (κ2) is 11.3. The van der Waals surface area contributed by atoms with Crippen LogP contribution in [-0.4, -0.2) is 49.5 Å². The Hall–Kier alpha value is -3.55. The number of ether oxygens (including phenoxy) is 3. The van der Waals surface area contributed by atoms with E-state index in [0.29, 0.717) is 12.8 Å². The van der Waals surface area contributed by atoms with E-state index in [1.165, 1.54) is 26.2 Å². The summed E-state index contributed by atoms with van der Waals surface area (Å²) in [4.78, 5) is 26.6. The number of urea groups is 1. The van der Waals surface area contributed by atoms with Crippen molar-refractivity contribution in [2.45, 2.75) is 69.6 Å². The van der Waals surface area contributed by atoms with Gasteiger partial charge in [-0.25, -0.2) is 9.18 Å². The number of nitrogens with zero attached hydrogens (tertiary/aromatic N) is 1. The maximum absolute atomic E-state index is 14.2. The second-order valence-electron chi connectivity index (χ2n) is 10.2. The first-order valence-corrected chi connectivity index (χ1v) is 13.2. The van der Waals surface area contributed by atoms with Crippen LogP contribution < -0.4 is 14.8 Å². The lowest BCUT2D eigenvalue weighted by Crippen LogP contribution is -2.53. The van der Waals surface area contributed by atoms with Crippen molar-refractivity contribution in [2.24, 2.45) is 0 Å². The molecular weight excluding hydrogens is 577 g/mol. The smallest absolute Gasteiger partial charge is 0.430 e. The minimum Gasteiger partial charge on any atom is -0.494 e. The van der Waals surface area contributed by atoms with Crippen molar-refractivity contribution in [3.05, 3.63) is 58.4 Å². The molecule has 4 rings (SSSR count). The fourth-order valence-electron chi connectivity index (χ4n) is 5.34. The quantitative estimate of drug-likeness (QED) is 0.196. The van der Waals surface area contributed by atoms with Crippen LogP contribution in [0.2, 0.25) is 0 Å². The Morgan fingerprint density at radius 3 is 2.29 bits per heavy atom. The van der Waals surface area contributed by atoms with Gasteiger partial charge in [0.05, 0.1) is 20.3 Å². The van der Waals surface area contributed by atoms with Gasteiger partial charge in [0.2, 0.25) is 0 Å². The number of benzene rings is 2. The zero-order valence-corrected chi connectivity index (χ0v) is 23.0. The molecule has 3 amide bonds. The number of hydrogen-bond acceptors (Lipinski definition) is 5. The van der Waals surface area contributed by atoms with Crippen molar-refractivity contribution in [3.8, 4) is 11.5 Å². The molecule has 2 aliphatic heterocycles. The van der Waals surface area contributed by atoms with Gasteiger partial charge in [-0.2, -0.15) is 26.3 Å². The van der Waals surface area contributed by atoms with E-state index in [-0.39, 0.29) is 54.2 Å². The van der Waals surface area contributed by atoms with Crippen molar-refractivity contribution in [3.63, 3.8) is 0 Å². The molecule has 0 spiro atoms. The first-order valence-electron chi connectivity index (χ1n) is 13.2. The van der Waals surface area contributed by atoms with E-state index in [0.717, 1.165) is 23.1 Å². The monoisotopic (exact) mass is 606 g/mol. The molecule has 0 aliphatic carbocycles. The van der Waals surface area contributed by atoms with Crippen molar-refractivity contribution >= 4 is 11.9 Å². The highest BCUT2D eigenvalue weighted by atomic mass is 19.4. The molecule has 2 aromatic carbocycles. The summed E-state index contributed by atoms with van der Waals surface area (Å²) in [6, 6.07) is 5.09. The van der Waals surface area contributed by atoms with Gasteiger partial charge >= 0.3 is 18.4 Å². The highest BCUT2D eigenvalue weighted by Gasteiger charge is 2.75. The highest BCUT2D eigenvalue weighted by Crippen LogP contribution is 2.58. The predicted octanol–water partition coefficient (Wildman–Crippen LogP) is 6.26. The minimum atomic E-state index is -5.72. The maximum atomic E-state index is 14.2. The number of carbonyl (C=O) groups is 2. The van der Waals surface area contributed by atoms with E-state index < -0.39 is 53.4 Å². The summed E-state index contributed by atoms with van der Waals surface area (Å²) in [6.45, 7) is 2.33.